The van der Waals surface area contributed by atoms with Crippen LogP contribution in [0.2, 0.25) is 0 Å². The van der Waals surface area contributed by atoms with E-state index in [1.54, 1.807) is 11.3 Å². The molecule has 0 aromatic carbocycles. The predicted molar refractivity (Wildman–Crippen MR) is 67.2 cm³/mol. The number of aromatic nitrogens is 2. The number of rotatable bonds is 1. The van der Waals surface area contributed by atoms with E-state index in [0.717, 1.165) is 42.3 Å². The Morgan fingerprint density at radius 2 is 2.19 bits per heavy atom. The van der Waals surface area contributed by atoms with Gasteiger partial charge in [-0.1, -0.05) is 0 Å². The lowest BCUT2D eigenvalue weighted by Gasteiger charge is -2.27. The van der Waals surface area contributed by atoms with Crippen LogP contribution in [0.3, 0.4) is 0 Å². The van der Waals surface area contributed by atoms with Gasteiger partial charge < -0.3 is 10.2 Å². The lowest BCUT2D eigenvalue weighted by atomic mass is 10.3. The van der Waals surface area contributed by atoms with Crippen LogP contribution >= 0.6 is 11.3 Å². The molecular formula is C11H14N4S. The number of nitrogens with zero attached hydrogens (tertiary/aromatic N) is 3. The topological polar surface area (TPSA) is 41.1 Å². The van der Waals surface area contributed by atoms with Gasteiger partial charge in [-0.3, -0.25) is 0 Å². The predicted octanol–water partition coefficient (Wildman–Crippen LogP) is 1.41. The number of anilines is 1. The van der Waals surface area contributed by atoms with E-state index in [-0.39, 0.29) is 0 Å². The molecule has 1 fully saturated rings. The number of aryl methyl sites for hydroxylation is 1. The van der Waals surface area contributed by atoms with E-state index in [0.29, 0.717) is 0 Å². The summed E-state index contributed by atoms with van der Waals surface area (Å²) < 4.78 is 0. The van der Waals surface area contributed by atoms with Gasteiger partial charge in [0.2, 0.25) is 0 Å². The molecule has 3 heterocycles. The molecule has 0 saturated carbocycles. The third kappa shape index (κ3) is 1.76. The maximum atomic E-state index is 4.67. The molecule has 3 rings (SSSR count). The van der Waals surface area contributed by atoms with Crippen molar-refractivity contribution in [3.8, 4) is 0 Å². The van der Waals surface area contributed by atoms with Crippen molar-refractivity contribution in [3.63, 3.8) is 0 Å². The molecule has 0 spiro atoms. The van der Waals surface area contributed by atoms with E-state index in [1.165, 1.54) is 4.88 Å². The second kappa shape index (κ2) is 3.99. The normalized spacial score (nSPS) is 16.9. The summed E-state index contributed by atoms with van der Waals surface area (Å²) in [5.41, 5.74) is 1.02. The van der Waals surface area contributed by atoms with Gasteiger partial charge >= 0.3 is 0 Å². The molecule has 0 unspecified atom stereocenters. The Bertz CT molecular complexity index is 502. The van der Waals surface area contributed by atoms with Gasteiger partial charge in [-0.2, -0.15) is 0 Å². The van der Waals surface area contributed by atoms with Crippen LogP contribution in [0.15, 0.2) is 12.3 Å². The standard InChI is InChI=1S/C11H14N4S/c1-8-6-9-11(16-8)14-10(7-13-9)15-4-2-12-3-5-15/h6-7,12H,2-5H2,1H3. The summed E-state index contributed by atoms with van der Waals surface area (Å²) in [4.78, 5) is 13.7. The van der Waals surface area contributed by atoms with Gasteiger partial charge in [-0.05, 0) is 13.0 Å². The van der Waals surface area contributed by atoms with Gasteiger partial charge in [0.1, 0.15) is 16.2 Å². The Kier molecular flexibility index (Phi) is 2.49. The van der Waals surface area contributed by atoms with E-state index in [9.17, 15) is 0 Å². The Morgan fingerprint density at radius 3 is 3.00 bits per heavy atom. The average Bonchev–Trinajstić information content (AvgIpc) is 2.69. The van der Waals surface area contributed by atoms with Crippen LogP contribution in [-0.2, 0) is 0 Å². The molecule has 2 aromatic rings. The van der Waals surface area contributed by atoms with Gasteiger partial charge in [0.05, 0.1) is 6.20 Å². The first-order valence-electron chi connectivity index (χ1n) is 5.52. The van der Waals surface area contributed by atoms with Crippen molar-refractivity contribution in [2.75, 3.05) is 31.1 Å². The van der Waals surface area contributed by atoms with Crippen LogP contribution in [0.1, 0.15) is 4.88 Å². The summed E-state index contributed by atoms with van der Waals surface area (Å²) in [5.74, 6) is 1.01. The van der Waals surface area contributed by atoms with Crippen LogP contribution in [0, 0.1) is 6.92 Å². The third-order valence-electron chi connectivity index (χ3n) is 2.79. The maximum Gasteiger partial charge on any atom is 0.148 e. The largest absolute Gasteiger partial charge is 0.353 e. The molecule has 0 radical (unpaired) electrons. The molecule has 1 N–H and O–H groups in total. The van der Waals surface area contributed by atoms with Gasteiger partial charge in [-0.15, -0.1) is 11.3 Å². The van der Waals surface area contributed by atoms with Gasteiger partial charge in [0, 0.05) is 31.1 Å². The number of thiophene rings is 1. The van der Waals surface area contributed by atoms with Crippen LogP contribution in [0.5, 0.6) is 0 Å². The average molecular weight is 234 g/mol. The Labute approximate surface area is 98.3 Å². The Morgan fingerprint density at radius 1 is 1.38 bits per heavy atom. The minimum absolute atomic E-state index is 1.01. The molecular weight excluding hydrogens is 220 g/mol. The van der Waals surface area contributed by atoms with E-state index >= 15 is 0 Å². The molecule has 1 aliphatic heterocycles. The van der Waals surface area contributed by atoms with Crippen LogP contribution in [0.4, 0.5) is 5.82 Å². The van der Waals surface area contributed by atoms with Gasteiger partial charge in [-0.25, -0.2) is 9.97 Å². The molecule has 16 heavy (non-hydrogen) atoms. The second-order valence-electron chi connectivity index (χ2n) is 4.01. The lowest BCUT2D eigenvalue weighted by molar-refractivity contribution is 0.585. The minimum atomic E-state index is 1.01. The fourth-order valence-electron chi connectivity index (χ4n) is 1.97. The SMILES string of the molecule is Cc1cc2ncc(N3CCNCC3)nc2s1. The molecule has 0 amide bonds. The van der Waals surface area contributed by atoms with Crippen molar-refractivity contribution in [2.45, 2.75) is 6.92 Å². The summed E-state index contributed by atoms with van der Waals surface area (Å²) >= 11 is 1.71. The molecule has 2 aromatic heterocycles. The van der Waals surface area contributed by atoms with Crippen molar-refractivity contribution in [1.82, 2.24) is 15.3 Å². The Balaban J connectivity index is 1.97. The van der Waals surface area contributed by atoms with Gasteiger partial charge in [0.15, 0.2) is 0 Å². The third-order valence-corrected chi connectivity index (χ3v) is 3.73. The van der Waals surface area contributed by atoms with Crippen molar-refractivity contribution < 1.29 is 0 Å². The van der Waals surface area contributed by atoms with Crippen molar-refractivity contribution in [3.05, 3.63) is 17.1 Å². The smallest absolute Gasteiger partial charge is 0.148 e. The number of nitrogens with one attached hydrogen (secondary N) is 1. The zero-order valence-corrected chi connectivity index (χ0v) is 10.0. The summed E-state index contributed by atoms with van der Waals surface area (Å²) in [7, 11) is 0. The molecule has 0 bridgehead atoms. The van der Waals surface area contributed by atoms with Crippen LogP contribution in [-0.4, -0.2) is 36.1 Å². The zero-order valence-electron chi connectivity index (χ0n) is 9.23. The first-order chi connectivity index (χ1) is 7.83. The maximum absolute atomic E-state index is 4.67. The Hall–Kier alpha value is -1.20. The zero-order chi connectivity index (χ0) is 11.0. The molecule has 5 heteroatoms. The minimum Gasteiger partial charge on any atom is -0.353 e. The number of hydrogen-bond donors (Lipinski definition) is 1. The fraction of sp³-hybridized carbons (Fsp3) is 0.455. The molecule has 1 saturated heterocycles. The van der Waals surface area contributed by atoms with Crippen molar-refractivity contribution >= 4 is 27.5 Å². The van der Waals surface area contributed by atoms with E-state index < -0.39 is 0 Å². The fourth-order valence-corrected chi connectivity index (χ4v) is 2.80. The highest BCUT2D eigenvalue weighted by molar-refractivity contribution is 7.18. The summed E-state index contributed by atoms with van der Waals surface area (Å²) in [6, 6.07) is 2.09. The molecule has 0 atom stereocenters. The van der Waals surface area contributed by atoms with Crippen LogP contribution in [0.25, 0.3) is 10.3 Å². The van der Waals surface area contributed by atoms with Crippen molar-refractivity contribution in [2.24, 2.45) is 0 Å². The van der Waals surface area contributed by atoms with E-state index in [4.69, 9.17) is 0 Å². The second-order valence-corrected chi connectivity index (χ2v) is 5.25. The lowest BCUT2D eigenvalue weighted by Crippen LogP contribution is -2.43. The van der Waals surface area contributed by atoms with E-state index in [1.807, 2.05) is 6.20 Å². The summed E-state index contributed by atoms with van der Waals surface area (Å²) in [5, 5.41) is 3.34. The first kappa shape index (κ1) is 9.99. The number of fused-ring (bicyclic) bond motifs is 1. The number of piperazine rings is 1. The van der Waals surface area contributed by atoms with Crippen LogP contribution < -0.4 is 10.2 Å². The highest BCUT2D eigenvalue weighted by Gasteiger charge is 2.13. The van der Waals surface area contributed by atoms with E-state index in [2.05, 4.69) is 33.2 Å². The van der Waals surface area contributed by atoms with Gasteiger partial charge in [0.25, 0.3) is 0 Å². The van der Waals surface area contributed by atoms with Crippen molar-refractivity contribution in [1.29, 1.82) is 0 Å². The molecule has 0 aliphatic carbocycles. The molecule has 4 nitrogen and oxygen atoms in total. The number of hydrogen-bond acceptors (Lipinski definition) is 5. The summed E-state index contributed by atoms with van der Waals surface area (Å²) in [6.07, 6.45) is 1.89. The molecule has 1 aliphatic rings. The quantitative estimate of drug-likeness (QED) is 0.810. The monoisotopic (exact) mass is 234 g/mol. The highest BCUT2D eigenvalue weighted by atomic mass is 32.1. The highest BCUT2D eigenvalue weighted by Crippen LogP contribution is 2.23. The molecule has 84 valence electrons. The summed E-state index contributed by atoms with van der Waals surface area (Å²) in [6.45, 7) is 6.19. The first-order valence-corrected chi connectivity index (χ1v) is 6.33.